The number of nitrogens with zero attached hydrogens (tertiary/aromatic N) is 1. The zero-order valence-electron chi connectivity index (χ0n) is 9.05. The molecule has 5 heteroatoms. The number of aromatic amines is 1. The fourth-order valence-electron chi connectivity index (χ4n) is 1.79. The van der Waals surface area contributed by atoms with Crippen LogP contribution in [0.15, 0.2) is 36.4 Å². The Kier molecular flexibility index (Phi) is 2.52. The lowest BCUT2D eigenvalue weighted by Crippen LogP contribution is -1.92. The number of para-hydroxylation sites is 2. The molecule has 0 spiro atoms. The van der Waals surface area contributed by atoms with Gasteiger partial charge in [0.05, 0.1) is 21.6 Å². The van der Waals surface area contributed by atoms with Crippen LogP contribution in [-0.4, -0.2) is 9.97 Å². The molecule has 0 unspecified atom stereocenters. The Labute approximate surface area is 106 Å². The third-order valence-corrected chi connectivity index (χ3v) is 2.97. The number of rotatable bonds is 1. The van der Waals surface area contributed by atoms with Crippen molar-refractivity contribution < 1.29 is 8.78 Å². The highest BCUT2D eigenvalue weighted by Gasteiger charge is 2.16. The van der Waals surface area contributed by atoms with Gasteiger partial charge in [0.1, 0.15) is 5.82 Å². The van der Waals surface area contributed by atoms with E-state index in [2.05, 4.69) is 9.97 Å². The molecule has 0 aliphatic rings. The third-order valence-electron chi connectivity index (χ3n) is 2.68. The predicted octanol–water partition coefficient (Wildman–Crippen LogP) is 4.16. The van der Waals surface area contributed by atoms with Crippen molar-refractivity contribution in [2.45, 2.75) is 0 Å². The van der Waals surface area contributed by atoms with Gasteiger partial charge in [0.25, 0.3) is 0 Å². The quantitative estimate of drug-likeness (QED) is 0.657. The minimum atomic E-state index is -1.06. The van der Waals surface area contributed by atoms with Crippen LogP contribution in [0.2, 0.25) is 5.02 Å². The van der Waals surface area contributed by atoms with E-state index in [0.717, 1.165) is 5.52 Å². The maximum Gasteiger partial charge on any atom is 0.178 e. The van der Waals surface area contributed by atoms with Crippen LogP contribution in [0.1, 0.15) is 0 Å². The molecular weight excluding hydrogens is 258 g/mol. The Hall–Kier alpha value is -1.94. The summed E-state index contributed by atoms with van der Waals surface area (Å²) in [6.07, 6.45) is 0. The number of imidazole rings is 1. The largest absolute Gasteiger partial charge is 0.338 e. The molecule has 0 bridgehead atoms. The molecule has 1 N–H and O–H groups in total. The van der Waals surface area contributed by atoms with Crippen molar-refractivity contribution in [3.63, 3.8) is 0 Å². The Morgan fingerprint density at radius 2 is 1.78 bits per heavy atom. The fraction of sp³-hybridized carbons (Fsp3) is 0. The number of benzene rings is 2. The molecule has 0 saturated carbocycles. The molecule has 3 aromatic rings. The van der Waals surface area contributed by atoms with Crippen molar-refractivity contribution >= 4 is 22.6 Å². The SMILES string of the molecule is Fc1c(Cl)ccc(-c2nc3ccccc3[nH]2)c1F. The van der Waals surface area contributed by atoms with Gasteiger partial charge in [-0.05, 0) is 24.3 Å². The number of H-pyrrole nitrogens is 1. The van der Waals surface area contributed by atoms with Crippen LogP contribution >= 0.6 is 11.6 Å². The second-order valence-corrected chi connectivity index (χ2v) is 4.23. The molecule has 0 aliphatic heterocycles. The smallest absolute Gasteiger partial charge is 0.178 e. The van der Waals surface area contributed by atoms with Crippen LogP contribution in [0.4, 0.5) is 8.78 Å². The van der Waals surface area contributed by atoms with Crippen molar-refractivity contribution in [3.05, 3.63) is 53.1 Å². The first-order chi connectivity index (χ1) is 8.66. The van der Waals surface area contributed by atoms with E-state index in [9.17, 15) is 8.78 Å². The Balaban J connectivity index is 2.23. The molecule has 3 rings (SSSR count). The zero-order chi connectivity index (χ0) is 12.7. The molecular formula is C13H7ClF2N2. The number of halogens is 3. The highest BCUT2D eigenvalue weighted by Crippen LogP contribution is 2.28. The van der Waals surface area contributed by atoms with Gasteiger partial charge in [0.2, 0.25) is 0 Å². The van der Waals surface area contributed by atoms with Crippen LogP contribution in [0, 0.1) is 11.6 Å². The monoisotopic (exact) mass is 264 g/mol. The molecule has 0 saturated heterocycles. The van der Waals surface area contributed by atoms with E-state index in [0.29, 0.717) is 5.52 Å². The average molecular weight is 265 g/mol. The summed E-state index contributed by atoms with van der Waals surface area (Å²) in [6, 6.07) is 9.98. The van der Waals surface area contributed by atoms with E-state index < -0.39 is 11.6 Å². The van der Waals surface area contributed by atoms with E-state index in [1.54, 1.807) is 6.07 Å². The van der Waals surface area contributed by atoms with E-state index in [1.165, 1.54) is 12.1 Å². The maximum absolute atomic E-state index is 13.8. The number of hydrogen-bond acceptors (Lipinski definition) is 1. The van der Waals surface area contributed by atoms with Gasteiger partial charge in [0.15, 0.2) is 11.6 Å². The first-order valence-electron chi connectivity index (χ1n) is 5.25. The normalized spacial score (nSPS) is 11.1. The second-order valence-electron chi connectivity index (χ2n) is 3.83. The summed E-state index contributed by atoms with van der Waals surface area (Å²) in [5.41, 5.74) is 1.53. The topological polar surface area (TPSA) is 28.7 Å². The standard InChI is InChI=1S/C13H7ClF2N2/c14-8-6-5-7(11(15)12(8)16)13-17-9-3-1-2-4-10(9)18-13/h1-6H,(H,17,18). The minimum Gasteiger partial charge on any atom is -0.338 e. The van der Waals surface area contributed by atoms with Gasteiger partial charge < -0.3 is 4.98 Å². The number of nitrogens with one attached hydrogen (secondary N) is 1. The van der Waals surface area contributed by atoms with Crippen LogP contribution in [0.25, 0.3) is 22.4 Å². The molecule has 0 amide bonds. The molecule has 0 fully saturated rings. The lowest BCUT2D eigenvalue weighted by molar-refractivity contribution is 0.511. The Morgan fingerprint density at radius 1 is 1.00 bits per heavy atom. The maximum atomic E-state index is 13.8. The summed E-state index contributed by atoms with van der Waals surface area (Å²) >= 11 is 5.51. The molecule has 1 heterocycles. The van der Waals surface area contributed by atoms with Crippen molar-refractivity contribution in [1.29, 1.82) is 0 Å². The summed E-state index contributed by atoms with van der Waals surface area (Å²) < 4.78 is 27.1. The van der Waals surface area contributed by atoms with E-state index in [-0.39, 0.29) is 16.4 Å². The van der Waals surface area contributed by atoms with Gasteiger partial charge in [-0.1, -0.05) is 23.7 Å². The van der Waals surface area contributed by atoms with Crippen molar-refractivity contribution in [1.82, 2.24) is 9.97 Å². The summed E-state index contributed by atoms with van der Waals surface area (Å²) in [5.74, 6) is -1.78. The summed E-state index contributed by atoms with van der Waals surface area (Å²) in [4.78, 5) is 7.15. The summed E-state index contributed by atoms with van der Waals surface area (Å²) in [7, 11) is 0. The number of fused-ring (bicyclic) bond motifs is 1. The lowest BCUT2D eigenvalue weighted by atomic mass is 10.2. The average Bonchev–Trinajstić information content (AvgIpc) is 2.79. The first-order valence-corrected chi connectivity index (χ1v) is 5.63. The van der Waals surface area contributed by atoms with Crippen molar-refractivity contribution in [2.75, 3.05) is 0 Å². The number of aromatic nitrogens is 2. The van der Waals surface area contributed by atoms with Gasteiger partial charge >= 0.3 is 0 Å². The summed E-state index contributed by atoms with van der Waals surface area (Å²) in [5, 5.41) is -0.243. The van der Waals surface area contributed by atoms with Crippen LogP contribution < -0.4 is 0 Å². The fourth-order valence-corrected chi connectivity index (χ4v) is 1.94. The van der Waals surface area contributed by atoms with Crippen LogP contribution in [0.3, 0.4) is 0 Å². The Bertz CT molecular complexity index is 704. The second kappa shape index (κ2) is 4.07. The highest BCUT2D eigenvalue weighted by molar-refractivity contribution is 6.30. The first kappa shape index (κ1) is 11.2. The number of hydrogen-bond donors (Lipinski definition) is 1. The van der Waals surface area contributed by atoms with E-state index >= 15 is 0 Å². The lowest BCUT2D eigenvalue weighted by Gasteiger charge is -2.01. The van der Waals surface area contributed by atoms with Crippen LogP contribution in [0.5, 0.6) is 0 Å². The molecule has 1 aromatic heterocycles. The predicted molar refractivity (Wildman–Crippen MR) is 66.5 cm³/mol. The van der Waals surface area contributed by atoms with Gasteiger partial charge in [-0.2, -0.15) is 0 Å². The van der Waals surface area contributed by atoms with Gasteiger partial charge in [-0.25, -0.2) is 13.8 Å². The van der Waals surface area contributed by atoms with E-state index in [1.807, 2.05) is 18.2 Å². The molecule has 2 aromatic carbocycles. The molecule has 90 valence electrons. The zero-order valence-corrected chi connectivity index (χ0v) is 9.80. The molecule has 2 nitrogen and oxygen atoms in total. The van der Waals surface area contributed by atoms with E-state index in [4.69, 9.17) is 11.6 Å². The van der Waals surface area contributed by atoms with Crippen LogP contribution in [-0.2, 0) is 0 Å². The summed E-state index contributed by atoms with van der Waals surface area (Å²) in [6.45, 7) is 0. The Morgan fingerprint density at radius 3 is 2.56 bits per heavy atom. The minimum absolute atomic E-state index is 0.0631. The van der Waals surface area contributed by atoms with Gasteiger partial charge in [-0.3, -0.25) is 0 Å². The highest BCUT2D eigenvalue weighted by atomic mass is 35.5. The van der Waals surface area contributed by atoms with Crippen molar-refractivity contribution in [3.8, 4) is 11.4 Å². The molecule has 0 radical (unpaired) electrons. The molecule has 0 aliphatic carbocycles. The van der Waals surface area contributed by atoms with Gasteiger partial charge in [0, 0.05) is 0 Å². The molecule has 18 heavy (non-hydrogen) atoms. The molecule has 0 atom stereocenters. The van der Waals surface area contributed by atoms with Crippen molar-refractivity contribution in [2.24, 2.45) is 0 Å². The third kappa shape index (κ3) is 1.66. The van der Waals surface area contributed by atoms with Gasteiger partial charge in [-0.15, -0.1) is 0 Å².